The number of nitrogen functional groups attached to an aromatic ring is 1. The highest BCUT2D eigenvalue weighted by Gasteiger charge is 2.10. The molecule has 0 saturated carbocycles. The molecule has 0 saturated heterocycles. The minimum absolute atomic E-state index is 0.0221. The van der Waals surface area contributed by atoms with E-state index in [-0.39, 0.29) is 11.6 Å². The van der Waals surface area contributed by atoms with E-state index in [2.05, 4.69) is 15.1 Å². The highest BCUT2D eigenvalue weighted by Crippen LogP contribution is 2.12. The molecule has 0 amide bonds. The van der Waals surface area contributed by atoms with E-state index in [1.165, 1.54) is 6.20 Å². The summed E-state index contributed by atoms with van der Waals surface area (Å²) in [7, 11) is 0. The molecule has 74 valence electrons. The first-order chi connectivity index (χ1) is 6.59. The molecule has 0 bridgehead atoms. The van der Waals surface area contributed by atoms with Crippen molar-refractivity contribution < 1.29 is 0 Å². The minimum Gasteiger partial charge on any atom is -0.369 e. The predicted molar refractivity (Wildman–Crippen MR) is 48.9 cm³/mol. The third-order valence-electron chi connectivity index (χ3n) is 1.66. The highest BCUT2D eigenvalue weighted by molar-refractivity contribution is 5.67. The Kier molecular flexibility index (Phi) is 1.62. The Morgan fingerprint density at radius 3 is 2.86 bits per heavy atom. The lowest BCUT2D eigenvalue weighted by Crippen LogP contribution is -2.38. The van der Waals surface area contributed by atoms with Gasteiger partial charge in [0.15, 0.2) is 5.65 Å². The van der Waals surface area contributed by atoms with E-state index in [0.29, 0.717) is 5.69 Å². The first-order valence-corrected chi connectivity index (χ1v) is 3.62. The monoisotopic (exact) mass is 196 g/mol. The molecule has 7 N–H and O–H groups in total. The molecule has 0 aliphatic carbocycles. The standard InChI is InChI=1S/C5H8N8O/c6-4-10-3-2(13(7)8)1-9-12(3)5(14)11-4/h1H,7-8H2,(H3,6,10,11,14). The molecule has 0 radical (unpaired) electrons. The summed E-state index contributed by atoms with van der Waals surface area (Å²) in [5.74, 6) is 10.6. The smallest absolute Gasteiger partial charge is 0.350 e. The molecular formula is C5H8N8O. The van der Waals surface area contributed by atoms with Crippen LogP contribution in [0.3, 0.4) is 0 Å². The van der Waals surface area contributed by atoms with E-state index in [1.54, 1.807) is 0 Å². The average Bonchev–Trinajstić information content (AvgIpc) is 2.47. The van der Waals surface area contributed by atoms with Crippen molar-refractivity contribution in [2.75, 3.05) is 10.9 Å². The van der Waals surface area contributed by atoms with Gasteiger partial charge in [0.25, 0.3) is 0 Å². The molecule has 9 nitrogen and oxygen atoms in total. The normalized spacial score (nSPS) is 10.7. The van der Waals surface area contributed by atoms with Crippen LogP contribution in [0.5, 0.6) is 0 Å². The number of aromatic nitrogens is 4. The summed E-state index contributed by atoms with van der Waals surface area (Å²) >= 11 is 0. The molecule has 2 heterocycles. The highest BCUT2D eigenvalue weighted by atomic mass is 16.1. The second kappa shape index (κ2) is 2.68. The number of hydrogen-bond donors (Lipinski definition) is 4. The van der Waals surface area contributed by atoms with Gasteiger partial charge in [0.05, 0.1) is 6.20 Å². The van der Waals surface area contributed by atoms with Crippen molar-refractivity contribution in [1.29, 1.82) is 0 Å². The quantitative estimate of drug-likeness (QED) is 0.292. The first-order valence-electron chi connectivity index (χ1n) is 3.62. The van der Waals surface area contributed by atoms with Crippen LogP contribution >= 0.6 is 0 Å². The lowest BCUT2D eigenvalue weighted by molar-refractivity contribution is 0.846. The fourth-order valence-corrected chi connectivity index (χ4v) is 1.07. The number of aromatic amines is 1. The molecule has 0 aliphatic heterocycles. The first kappa shape index (κ1) is 8.47. The molecule has 0 aliphatic rings. The molecule has 14 heavy (non-hydrogen) atoms. The van der Waals surface area contributed by atoms with E-state index < -0.39 is 5.69 Å². The zero-order chi connectivity index (χ0) is 10.3. The summed E-state index contributed by atoms with van der Waals surface area (Å²) in [6.07, 6.45) is 1.32. The summed E-state index contributed by atoms with van der Waals surface area (Å²) < 4.78 is 1.01. The van der Waals surface area contributed by atoms with Crippen LogP contribution in [0.1, 0.15) is 0 Å². The fraction of sp³-hybridized carbons (Fsp3) is 0. The van der Waals surface area contributed by atoms with Gasteiger partial charge in [0.2, 0.25) is 5.95 Å². The Hall–Kier alpha value is -2.13. The second-order valence-corrected chi connectivity index (χ2v) is 2.60. The third kappa shape index (κ3) is 1.08. The number of hydrogen-bond acceptors (Lipinski definition) is 7. The van der Waals surface area contributed by atoms with Crippen LogP contribution in [0.4, 0.5) is 11.6 Å². The number of rotatable bonds is 1. The fourth-order valence-electron chi connectivity index (χ4n) is 1.07. The van der Waals surface area contributed by atoms with Gasteiger partial charge in [-0.3, -0.25) is 4.98 Å². The molecular weight excluding hydrogens is 188 g/mol. The molecule has 9 heteroatoms. The second-order valence-electron chi connectivity index (χ2n) is 2.60. The number of anilines is 2. The zero-order valence-electron chi connectivity index (χ0n) is 7.01. The van der Waals surface area contributed by atoms with Crippen LogP contribution in [0.25, 0.3) is 5.65 Å². The van der Waals surface area contributed by atoms with E-state index in [0.717, 1.165) is 9.63 Å². The summed E-state index contributed by atoms with van der Waals surface area (Å²) in [4.78, 5) is 17.4. The average molecular weight is 196 g/mol. The Bertz CT molecular complexity index is 524. The number of nitrogens with zero attached hydrogens (tertiary/aromatic N) is 4. The molecule has 0 aromatic carbocycles. The minimum atomic E-state index is -0.499. The maximum Gasteiger partial charge on any atom is 0.350 e. The van der Waals surface area contributed by atoms with Crippen molar-refractivity contribution in [3.63, 3.8) is 0 Å². The van der Waals surface area contributed by atoms with Crippen molar-refractivity contribution in [1.82, 2.24) is 19.6 Å². The van der Waals surface area contributed by atoms with Crippen LogP contribution in [0.15, 0.2) is 11.0 Å². The van der Waals surface area contributed by atoms with Gasteiger partial charge in [0.1, 0.15) is 5.69 Å². The van der Waals surface area contributed by atoms with Crippen molar-refractivity contribution in [2.24, 2.45) is 11.7 Å². The zero-order valence-corrected chi connectivity index (χ0v) is 7.01. The van der Waals surface area contributed by atoms with Crippen molar-refractivity contribution in [3.8, 4) is 0 Å². The Labute approximate surface area is 77.1 Å². The maximum absolute atomic E-state index is 11.3. The number of nitrogens with one attached hydrogen (secondary N) is 1. The number of fused-ring (bicyclic) bond motifs is 1. The van der Waals surface area contributed by atoms with E-state index in [1.807, 2.05) is 0 Å². The van der Waals surface area contributed by atoms with E-state index in [4.69, 9.17) is 17.4 Å². The molecule has 2 aromatic rings. The number of hydrazine groups is 2. The van der Waals surface area contributed by atoms with Crippen molar-refractivity contribution in [3.05, 3.63) is 16.7 Å². The summed E-state index contributed by atoms with van der Waals surface area (Å²) in [5.41, 5.74) is 5.36. The topological polar surface area (TPSA) is 144 Å². The predicted octanol–water partition coefficient (Wildman–Crippen LogP) is -2.45. The number of nitrogens with two attached hydrogens (primary N) is 3. The molecule has 2 aromatic heterocycles. The Morgan fingerprint density at radius 1 is 1.50 bits per heavy atom. The summed E-state index contributed by atoms with van der Waals surface area (Å²) in [5, 5.41) is 4.55. The van der Waals surface area contributed by atoms with E-state index >= 15 is 0 Å². The SMILES string of the molecule is Nc1nc2c(N(N)N)cnn2c(=O)[nH]1. The van der Waals surface area contributed by atoms with Gasteiger partial charge in [0, 0.05) is 0 Å². The third-order valence-corrected chi connectivity index (χ3v) is 1.66. The molecule has 0 atom stereocenters. The van der Waals surface area contributed by atoms with Crippen LogP contribution in [-0.2, 0) is 0 Å². The molecule has 2 rings (SSSR count). The Morgan fingerprint density at radius 2 is 2.21 bits per heavy atom. The van der Waals surface area contributed by atoms with Gasteiger partial charge in [-0.05, 0) is 0 Å². The van der Waals surface area contributed by atoms with Crippen LogP contribution in [0.2, 0.25) is 0 Å². The van der Waals surface area contributed by atoms with Gasteiger partial charge in [-0.1, -0.05) is 0 Å². The van der Waals surface area contributed by atoms with Gasteiger partial charge in [-0.15, -0.1) is 0 Å². The lowest BCUT2D eigenvalue weighted by atomic mass is 10.5. The molecule has 0 unspecified atom stereocenters. The van der Waals surface area contributed by atoms with E-state index in [9.17, 15) is 4.79 Å². The number of H-pyrrole nitrogens is 1. The van der Waals surface area contributed by atoms with Crippen molar-refractivity contribution >= 4 is 17.3 Å². The summed E-state index contributed by atoms with van der Waals surface area (Å²) in [6, 6.07) is 0. The maximum atomic E-state index is 11.3. The summed E-state index contributed by atoms with van der Waals surface area (Å²) in [6.45, 7) is 0. The largest absolute Gasteiger partial charge is 0.369 e. The van der Waals surface area contributed by atoms with Gasteiger partial charge >= 0.3 is 5.69 Å². The molecule has 0 fully saturated rings. The van der Waals surface area contributed by atoms with Crippen LogP contribution in [0, 0.1) is 0 Å². The van der Waals surface area contributed by atoms with Gasteiger partial charge in [-0.2, -0.15) is 14.6 Å². The lowest BCUT2D eigenvalue weighted by Gasteiger charge is -2.07. The Balaban J connectivity index is 2.85. The van der Waals surface area contributed by atoms with Crippen molar-refractivity contribution in [2.45, 2.75) is 0 Å². The van der Waals surface area contributed by atoms with Crippen LogP contribution in [-0.4, -0.2) is 19.6 Å². The van der Waals surface area contributed by atoms with Crippen LogP contribution < -0.4 is 28.2 Å². The van der Waals surface area contributed by atoms with Gasteiger partial charge < -0.3 is 5.73 Å². The molecule has 0 spiro atoms. The van der Waals surface area contributed by atoms with Gasteiger partial charge in [-0.25, -0.2) is 21.6 Å².